The van der Waals surface area contributed by atoms with E-state index < -0.39 is 0 Å². The third-order valence-corrected chi connectivity index (χ3v) is 3.39. The second kappa shape index (κ2) is 7.48. The summed E-state index contributed by atoms with van der Waals surface area (Å²) in [5.74, 6) is -0.0755. The highest BCUT2D eigenvalue weighted by Gasteiger charge is 2.14. The van der Waals surface area contributed by atoms with Crippen molar-refractivity contribution in [3.63, 3.8) is 0 Å². The van der Waals surface area contributed by atoms with E-state index in [0.717, 1.165) is 31.5 Å². The van der Waals surface area contributed by atoms with Gasteiger partial charge in [0.25, 0.3) is 0 Å². The molecule has 0 aromatic heterocycles. The Morgan fingerprint density at radius 1 is 1.32 bits per heavy atom. The third kappa shape index (κ3) is 5.19. The average Bonchev–Trinajstić information content (AvgIpc) is 2.45. The minimum atomic E-state index is -0.0755. The van der Waals surface area contributed by atoms with Crippen LogP contribution in [-0.4, -0.2) is 31.7 Å². The van der Waals surface area contributed by atoms with Gasteiger partial charge in [-0.25, -0.2) is 0 Å². The lowest BCUT2D eigenvalue weighted by molar-refractivity contribution is -0.128. The first-order chi connectivity index (χ1) is 9.24. The molecule has 1 aliphatic rings. The van der Waals surface area contributed by atoms with E-state index in [0.29, 0.717) is 11.6 Å². The van der Waals surface area contributed by atoms with Crippen molar-refractivity contribution in [1.82, 2.24) is 10.6 Å². The van der Waals surface area contributed by atoms with Crippen LogP contribution in [-0.2, 0) is 16.1 Å². The molecule has 0 spiro atoms. The van der Waals surface area contributed by atoms with Gasteiger partial charge in [0, 0.05) is 11.6 Å². The van der Waals surface area contributed by atoms with Gasteiger partial charge in [0.15, 0.2) is 0 Å². The normalized spacial score (nSPS) is 16.3. The maximum absolute atomic E-state index is 11.6. The molecule has 1 aromatic rings. The van der Waals surface area contributed by atoms with Crippen LogP contribution in [0.5, 0.6) is 0 Å². The van der Waals surface area contributed by atoms with Crippen molar-refractivity contribution in [2.75, 3.05) is 19.7 Å². The molecule has 0 saturated carbocycles. The van der Waals surface area contributed by atoms with Crippen LogP contribution in [0.2, 0.25) is 5.02 Å². The van der Waals surface area contributed by atoms with Crippen LogP contribution in [0.4, 0.5) is 0 Å². The Labute approximate surface area is 118 Å². The van der Waals surface area contributed by atoms with Crippen molar-refractivity contribution in [2.45, 2.75) is 25.5 Å². The zero-order valence-corrected chi connectivity index (χ0v) is 11.6. The Morgan fingerprint density at radius 2 is 2.00 bits per heavy atom. The number of hydrogen-bond acceptors (Lipinski definition) is 3. The van der Waals surface area contributed by atoms with Crippen LogP contribution < -0.4 is 10.6 Å². The maximum Gasteiger partial charge on any atom is 0.246 e. The molecule has 0 bridgehead atoms. The van der Waals surface area contributed by atoms with Crippen molar-refractivity contribution in [1.29, 1.82) is 0 Å². The summed E-state index contributed by atoms with van der Waals surface area (Å²) >= 11 is 5.80. The van der Waals surface area contributed by atoms with Gasteiger partial charge >= 0.3 is 0 Å². The number of hydrogen-bond donors (Lipinski definition) is 2. The van der Waals surface area contributed by atoms with Gasteiger partial charge in [0.05, 0.1) is 6.10 Å². The largest absolute Gasteiger partial charge is 0.368 e. The molecule has 1 heterocycles. The Hall–Kier alpha value is -1.10. The lowest BCUT2D eigenvalue weighted by Gasteiger charge is -2.22. The van der Waals surface area contributed by atoms with E-state index in [9.17, 15) is 4.79 Å². The van der Waals surface area contributed by atoms with E-state index in [1.54, 1.807) is 0 Å². The fourth-order valence-corrected chi connectivity index (χ4v) is 2.14. The average molecular weight is 283 g/mol. The number of halogens is 1. The Balaban J connectivity index is 1.65. The molecule has 4 nitrogen and oxygen atoms in total. The fourth-order valence-electron chi connectivity index (χ4n) is 2.01. The van der Waals surface area contributed by atoms with E-state index in [2.05, 4.69) is 10.6 Å². The molecule has 104 valence electrons. The van der Waals surface area contributed by atoms with Crippen LogP contribution in [0.1, 0.15) is 18.4 Å². The Morgan fingerprint density at radius 3 is 2.68 bits per heavy atom. The molecule has 19 heavy (non-hydrogen) atoms. The van der Waals surface area contributed by atoms with Crippen molar-refractivity contribution < 1.29 is 9.53 Å². The predicted molar refractivity (Wildman–Crippen MR) is 75.1 cm³/mol. The number of benzene rings is 1. The first kappa shape index (κ1) is 14.3. The molecule has 5 heteroatoms. The lowest BCUT2D eigenvalue weighted by atomic mass is 10.1. The van der Waals surface area contributed by atoms with Gasteiger partial charge in [-0.2, -0.15) is 0 Å². The number of amides is 1. The van der Waals surface area contributed by atoms with E-state index in [1.165, 1.54) is 0 Å². The lowest BCUT2D eigenvalue weighted by Crippen LogP contribution is -2.35. The third-order valence-electron chi connectivity index (χ3n) is 3.14. The Kier molecular flexibility index (Phi) is 5.63. The zero-order chi connectivity index (χ0) is 13.5. The Bertz CT molecular complexity index is 402. The fraction of sp³-hybridized carbons (Fsp3) is 0.500. The highest BCUT2D eigenvalue weighted by molar-refractivity contribution is 6.30. The monoisotopic (exact) mass is 282 g/mol. The van der Waals surface area contributed by atoms with Crippen LogP contribution in [0.25, 0.3) is 0 Å². The summed E-state index contributed by atoms with van der Waals surface area (Å²) in [5.41, 5.74) is 1.03. The molecule has 1 amide bonds. The molecule has 0 aliphatic carbocycles. The summed E-state index contributed by atoms with van der Waals surface area (Å²) in [4.78, 5) is 11.6. The van der Waals surface area contributed by atoms with Crippen LogP contribution in [0.15, 0.2) is 24.3 Å². The molecule has 1 aliphatic heterocycles. The topological polar surface area (TPSA) is 50.4 Å². The smallest absolute Gasteiger partial charge is 0.246 e. The van der Waals surface area contributed by atoms with Crippen molar-refractivity contribution in [3.8, 4) is 0 Å². The van der Waals surface area contributed by atoms with Gasteiger partial charge in [-0.05, 0) is 43.6 Å². The van der Waals surface area contributed by atoms with Gasteiger partial charge in [-0.3, -0.25) is 4.79 Å². The summed E-state index contributed by atoms with van der Waals surface area (Å²) in [6.45, 7) is 2.58. The second-order valence-electron chi connectivity index (χ2n) is 4.66. The number of carbonyl (C=O) groups is 1. The van der Waals surface area contributed by atoms with Crippen molar-refractivity contribution >= 4 is 17.5 Å². The quantitative estimate of drug-likeness (QED) is 0.865. The first-order valence-corrected chi connectivity index (χ1v) is 6.95. The van der Waals surface area contributed by atoms with Gasteiger partial charge < -0.3 is 15.4 Å². The molecule has 1 aromatic carbocycles. The number of nitrogens with one attached hydrogen (secondary N) is 2. The van der Waals surface area contributed by atoms with Gasteiger partial charge in [0.1, 0.15) is 6.61 Å². The molecule has 0 unspecified atom stereocenters. The van der Waals surface area contributed by atoms with Gasteiger partial charge in [0.2, 0.25) is 5.91 Å². The van der Waals surface area contributed by atoms with Crippen molar-refractivity contribution in [3.05, 3.63) is 34.9 Å². The zero-order valence-electron chi connectivity index (χ0n) is 10.8. The second-order valence-corrected chi connectivity index (χ2v) is 5.10. The first-order valence-electron chi connectivity index (χ1n) is 6.57. The van der Waals surface area contributed by atoms with E-state index >= 15 is 0 Å². The highest BCUT2D eigenvalue weighted by Crippen LogP contribution is 2.09. The highest BCUT2D eigenvalue weighted by atomic mass is 35.5. The minimum absolute atomic E-state index is 0.0755. The number of piperidine rings is 1. The summed E-state index contributed by atoms with van der Waals surface area (Å²) in [6, 6.07) is 7.43. The van der Waals surface area contributed by atoms with E-state index in [4.69, 9.17) is 16.3 Å². The molecule has 0 atom stereocenters. The number of rotatable bonds is 5. The minimum Gasteiger partial charge on any atom is -0.368 e. The van der Waals surface area contributed by atoms with Crippen LogP contribution in [0.3, 0.4) is 0 Å². The van der Waals surface area contributed by atoms with E-state index in [-0.39, 0.29) is 18.6 Å². The van der Waals surface area contributed by atoms with Gasteiger partial charge in [-0.15, -0.1) is 0 Å². The molecule has 0 radical (unpaired) electrons. The SMILES string of the molecule is O=C(COC1CCNCC1)NCc1ccc(Cl)cc1. The molecule has 1 fully saturated rings. The molecule has 2 N–H and O–H groups in total. The predicted octanol–water partition coefficient (Wildman–Crippen LogP) is 1.72. The van der Waals surface area contributed by atoms with Crippen LogP contribution >= 0.6 is 11.6 Å². The molecule has 2 rings (SSSR count). The molecular formula is C14H19ClN2O2. The molecular weight excluding hydrogens is 264 g/mol. The standard InChI is InChI=1S/C14H19ClN2O2/c15-12-3-1-11(2-4-12)9-17-14(18)10-19-13-5-7-16-8-6-13/h1-4,13,16H,5-10H2,(H,17,18). The van der Waals surface area contributed by atoms with Crippen molar-refractivity contribution in [2.24, 2.45) is 0 Å². The van der Waals surface area contributed by atoms with Gasteiger partial charge in [-0.1, -0.05) is 23.7 Å². The summed E-state index contributed by atoms with van der Waals surface area (Å²) in [5, 5.41) is 6.80. The summed E-state index contributed by atoms with van der Waals surface area (Å²) in [6.07, 6.45) is 2.16. The maximum atomic E-state index is 11.6. The van der Waals surface area contributed by atoms with Crippen LogP contribution in [0, 0.1) is 0 Å². The number of ether oxygens (including phenoxy) is 1. The molecule has 1 saturated heterocycles. The van der Waals surface area contributed by atoms with E-state index in [1.807, 2.05) is 24.3 Å². The summed E-state index contributed by atoms with van der Waals surface area (Å²) < 4.78 is 5.58. The summed E-state index contributed by atoms with van der Waals surface area (Å²) in [7, 11) is 0. The number of carbonyl (C=O) groups excluding carboxylic acids is 1.